The van der Waals surface area contributed by atoms with Crippen LogP contribution in [0.25, 0.3) is 0 Å². The lowest BCUT2D eigenvalue weighted by Gasteiger charge is -2.20. The van der Waals surface area contributed by atoms with Gasteiger partial charge in [-0.3, -0.25) is 14.6 Å². The summed E-state index contributed by atoms with van der Waals surface area (Å²) >= 11 is 0. The first-order valence-electron chi connectivity index (χ1n) is 8.30. The van der Waals surface area contributed by atoms with Crippen LogP contribution in [0.15, 0.2) is 36.7 Å². The Bertz CT molecular complexity index is 843. The molecular weight excluding hydrogens is 334 g/mol. The molecule has 0 saturated carbocycles. The minimum absolute atomic E-state index is 0.279. The highest BCUT2D eigenvalue weighted by Crippen LogP contribution is 2.32. The zero-order chi connectivity index (χ0) is 18.7. The normalized spacial score (nSPS) is 13.0. The van der Waals surface area contributed by atoms with Crippen LogP contribution < -0.4 is 20.1 Å². The van der Waals surface area contributed by atoms with Crippen molar-refractivity contribution in [2.24, 2.45) is 0 Å². The molecule has 2 amide bonds. The Balaban J connectivity index is 1.74. The number of hydrogen-bond donors (Lipinski definition) is 2. The number of amides is 2. The average Bonchev–Trinajstić information content (AvgIpc) is 2.60. The van der Waals surface area contributed by atoms with Gasteiger partial charge in [-0.05, 0) is 39.0 Å². The van der Waals surface area contributed by atoms with Crippen LogP contribution in [0, 0.1) is 0 Å². The number of rotatable bonds is 3. The third-order valence-electron chi connectivity index (χ3n) is 3.55. The summed E-state index contributed by atoms with van der Waals surface area (Å²) in [6.45, 7) is 6.64. The molecule has 1 aliphatic heterocycles. The molecule has 0 unspecified atom stereocenters. The Hall–Kier alpha value is -3.09. The number of benzene rings is 1. The standard InChI is InChI=1S/C19H21N3O4/c1-19(2,3)22-18(24)13-8-12(10-20-11-13)17(23)21-14-4-5-15-16(9-14)26-7-6-25-15/h4-5,8-11H,6-7H2,1-3H3,(H,21,23)(H,22,24). The van der Waals surface area contributed by atoms with Crippen LogP contribution >= 0.6 is 0 Å². The fraction of sp³-hybridized carbons (Fsp3) is 0.316. The Kier molecular flexibility index (Phi) is 4.79. The highest BCUT2D eigenvalue weighted by molar-refractivity contribution is 6.06. The van der Waals surface area contributed by atoms with E-state index in [1.54, 1.807) is 18.2 Å². The summed E-state index contributed by atoms with van der Waals surface area (Å²) in [7, 11) is 0. The third-order valence-corrected chi connectivity index (χ3v) is 3.55. The van der Waals surface area contributed by atoms with Crippen molar-refractivity contribution in [3.8, 4) is 11.5 Å². The predicted octanol–water partition coefficient (Wildman–Crippen LogP) is 2.63. The molecule has 26 heavy (non-hydrogen) atoms. The first-order chi connectivity index (χ1) is 12.3. The number of hydrogen-bond acceptors (Lipinski definition) is 5. The van der Waals surface area contributed by atoms with Crippen molar-refractivity contribution in [2.45, 2.75) is 26.3 Å². The molecule has 7 heteroatoms. The van der Waals surface area contributed by atoms with Gasteiger partial charge in [0.25, 0.3) is 11.8 Å². The lowest BCUT2D eigenvalue weighted by molar-refractivity contribution is 0.0919. The number of nitrogens with zero attached hydrogens (tertiary/aromatic N) is 1. The van der Waals surface area contributed by atoms with Gasteiger partial charge in [-0.1, -0.05) is 0 Å². The second kappa shape index (κ2) is 7.03. The number of pyridine rings is 1. The molecule has 0 spiro atoms. The maximum Gasteiger partial charge on any atom is 0.257 e. The van der Waals surface area contributed by atoms with Gasteiger partial charge in [0.05, 0.1) is 11.1 Å². The van der Waals surface area contributed by atoms with E-state index in [1.807, 2.05) is 20.8 Å². The number of aromatic nitrogens is 1. The highest BCUT2D eigenvalue weighted by Gasteiger charge is 2.18. The van der Waals surface area contributed by atoms with Crippen LogP contribution in [-0.4, -0.2) is 35.6 Å². The summed E-state index contributed by atoms with van der Waals surface area (Å²) < 4.78 is 11.0. The van der Waals surface area contributed by atoms with Gasteiger partial charge in [-0.2, -0.15) is 0 Å². The van der Waals surface area contributed by atoms with Crippen molar-refractivity contribution in [2.75, 3.05) is 18.5 Å². The molecule has 1 aromatic heterocycles. The zero-order valence-corrected chi connectivity index (χ0v) is 15.0. The second-order valence-electron chi connectivity index (χ2n) is 6.98. The molecular formula is C19H21N3O4. The number of carbonyl (C=O) groups excluding carboxylic acids is 2. The molecule has 0 aliphatic carbocycles. The number of carbonyl (C=O) groups is 2. The molecule has 0 radical (unpaired) electrons. The molecule has 2 aromatic rings. The third kappa shape index (κ3) is 4.30. The van der Waals surface area contributed by atoms with Gasteiger partial charge in [0, 0.05) is 29.7 Å². The van der Waals surface area contributed by atoms with E-state index in [-0.39, 0.29) is 17.4 Å². The zero-order valence-electron chi connectivity index (χ0n) is 15.0. The van der Waals surface area contributed by atoms with E-state index in [0.717, 1.165) is 0 Å². The molecule has 1 aromatic carbocycles. The number of fused-ring (bicyclic) bond motifs is 1. The number of anilines is 1. The SMILES string of the molecule is CC(C)(C)NC(=O)c1cncc(C(=O)Nc2ccc3c(c2)OCCO3)c1. The topological polar surface area (TPSA) is 89.6 Å². The fourth-order valence-electron chi connectivity index (χ4n) is 2.43. The monoisotopic (exact) mass is 355 g/mol. The highest BCUT2D eigenvalue weighted by atomic mass is 16.6. The Morgan fingerprint density at radius 2 is 1.62 bits per heavy atom. The van der Waals surface area contributed by atoms with Crippen LogP contribution in [0.2, 0.25) is 0 Å². The van der Waals surface area contributed by atoms with Gasteiger partial charge >= 0.3 is 0 Å². The first kappa shape index (κ1) is 17.7. The molecule has 2 heterocycles. The minimum atomic E-state index is -0.374. The Morgan fingerprint density at radius 1 is 0.962 bits per heavy atom. The Labute approximate surface area is 151 Å². The quantitative estimate of drug-likeness (QED) is 0.883. The van der Waals surface area contributed by atoms with Crippen molar-refractivity contribution in [3.05, 3.63) is 47.8 Å². The summed E-state index contributed by atoms with van der Waals surface area (Å²) in [5, 5.41) is 5.62. The van der Waals surface area contributed by atoms with Gasteiger partial charge < -0.3 is 20.1 Å². The Morgan fingerprint density at radius 3 is 2.31 bits per heavy atom. The van der Waals surface area contributed by atoms with Gasteiger partial charge in [0.1, 0.15) is 13.2 Å². The van der Waals surface area contributed by atoms with E-state index in [1.165, 1.54) is 18.5 Å². The smallest absolute Gasteiger partial charge is 0.257 e. The summed E-state index contributed by atoms with van der Waals surface area (Å²) in [5.74, 6) is 0.598. The van der Waals surface area contributed by atoms with Gasteiger partial charge in [0.2, 0.25) is 0 Å². The predicted molar refractivity (Wildman–Crippen MR) is 96.8 cm³/mol. The molecule has 0 saturated heterocycles. The van der Waals surface area contributed by atoms with E-state index >= 15 is 0 Å². The second-order valence-corrected chi connectivity index (χ2v) is 6.98. The van der Waals surface area contributed by atoms with Gasteiger partial charge in [-0.25, -0.2) is 0 Å². The summed E-state index contributed by atoms with van der Waals surface area (Å²) in [6, 6.07) is 6.70. The van der Waals surface area contributed by atoms with Crippen molar-refractivity contribution in [1.82, 2.24) is 10.3 Å². The molecule has 3 rings (SSSR count). The van der Waals surface area contributed by atoms with Crippen LogP contribution in [0.3, 0.4) is 0 Å². The van der Waals surface area contributed by atoms with Crippen molar-refractivity contribution in [3.63, 3.8) is 0 Å². The fourth-order valence-corrected chi connectivity index (χ4v) is 2.43. The van der Waals surface area contributed by atoms with Crippen LogP contribution in [-0.2, 0) is 0 Å². The summed E-state index contributed by atoms with van der Waals surface area (Å²) in [4.78, 5) is 28.7. The number of ether oxygens (including phenoxy) is 2. The van der Waals surface area contributed by atoms with E-state index in [2.05, 4.69) is 15.6 Å². The van der Waals surface area contributed by atoms with Crippen molar-refractivity contribution >= 4 is 17.5 Å². The van der Waals surface area contributed by atoms with E-state index in [0.29, 0.717) is 41.5 Å². The summed E-state index contributed by atoms with van der Waals surface area (Å²) in [5.41, 5.74) is 0.820. The minimum Gasteiger partial charge on any atom is -0.486 e. The maximum atomic E-state index is 12.5. The van der Waals surface area contributed by atoms with Crippen LogP contribution in [0.1, 0.15) is 41.5 Å². The number of nitrogens with one attached hydrogen (secondary N) is 2. The first-order valence-corrected chi connectivity index (χ1v) is 8.30. The van der Waals surface area contributed by atoms with Crippen molar-refractivity contribution < 1.29 is 19.1 Å². The molecule has 1 aliphatic rings. The molecule has 0 atom stereocenters. The average molecular weight is 355 g/mol. The van der Waals surface area contributed by atoms with Crippen LogP contribution in [0.5, 0.6) is 11.5 Å². The van der Waals surface area contributed by atoms with Crippen molar-refractivity contribution in [1.29, 1.82) is 0 Å². The molecule has 0 bridgehead atoms. The molecule has 2 N–H and O–H groups in total. The lowest BCUT2D eigenvalue weighted by atomic mass is 10.1. The van der Waals surface area contributed by atoms with Gasteiger partial charge in [0.15, 0.2) is 11.5 Å². The van der Waals surface area contributed by atoms with E-state index < -0.39 is 0 Å². The molecule has 136 valence electrons. The van der Waals surface area contributed by atoms with E-state index in [4.69, 9.17) is 9.47 Å². The molecule has 0 fully saturated rings. The summed E-state index contributed by atoms with van der Waals surface area (Å²) in [6.07, 6.45) is 2.85. The van der Waals surface area contributed by atoms with E-state index in [9.17, 15) is 9.59 Å². The maximum absolute atomic E-state index is 12.5. The van der Waals surface area contributed by atoms with Crippen LogP contribution in [0.4, 0.5) is 5.69 Å². The van der Waals surface area contributed by atoms with Gasteiger partial charge in [-0.15, -0.1) is 0 Å². The molecule has 7 nitrogen and oxygen atoms in total. The largest absolute Gasteiger partial charge is 0.486 e. The lowest BCUT2D eigenvalue weighted by Crippen LogP contribution is -2.40.